The van der Waals surface area contributed by atoms with Gasteiger partial charge in [-0.1, -0.05) is 12.2 Å². The van der Waals surface area contributed by atoms with Crippen LogP contribution in [-0.4, -0.2) is 25.7 Å². The standard InChI is InChI=1S/C8H13NO2.ClH/c1-6-3-4-9-7(5-6)8(10)11-2;/h7,9H,1,3-5H2,2H3;1H. The van der Waals surface area contributed by atoms with Crippen LogP contribution in [0.2, 0.25) is 0 Å². The largest absolute Gasteiger partial charge is 0.468 e. The number of hydrogen-bond acceptors (Lipinski definition) is 3. The van der Waals surface area contributed by atoms with Gasteiger partial charge in [0.25, 0.3) is 0 Å². The van der Waals surface area contributed by atoms with Gasteiger partial charge in [0.05, 0.1) is 7.11 Å². The molecule has 0 radical (unpaired) electrons. The molecule has 0 aromatic heterocycles. The molecule has 1 atom stereocenters. The third-order valence-electron chi connectivity index (χ3n) is 1.85. The molecular formula is C8H14ClNO2. The summed E-state index contributed by atoms with van der Waals surface area (Å²) in [6.07, 6.45) is 1.68. The van der Waals surface area contributed by atoms with E-state index in [2.05, 4.69) is 16.6 Å². The van der Waals surface area contributed by atoms with Gasteiger partial charge >= 0.3 is 5.97 Å². The fraction of sp³-hybridized carbons (Fsp3) is 0.625. The summed E-state index contributed by atoms with van der Waals surface area (Å²) in [5.74, 6) is -0.189. The van der Waals surface area contributed by atoms with Crippen molar-refractivity contribution >= 4 is 18.4 Å². The zero-order valence-corrected chi connectivity index (χ0v) is 7.95. The molecule has 3 nitrogen and oxygen atoms in total. The highest BCUT2D eigenvalue weighted by atomic mass is 35.5. The van der Waals surface area contributed by atoms with Gasteiger partial charge in [-0.15, -0.1) is 12.4 Å². The number of esters is 1. The predicted molar refractivity (Wildman–Crippen MR) is 49.4 cm³/mol. The molecule has 1 rings (SSSR count). The molecule has 4 heteroatoms. The first-order valence-corrected chi connectivity index (χ1v) is 3.72. The molecule has 0 amide bonds. The lowest BCUT2D eigenvalue weighted by Crippen LogP contribution is -2.41. The number of rotatable bonds is 1. The molecule has 1 saturated heterocycles. The van der Waals surface area contributed by atoms with E-state index in [-0.39, 0.29) is 24.4 Å². The van der Waals surface area contributed by atoms with Crippen LogP contribution in [0.5, 0.6) is 0 Å². The highest BCUT2D eigenvalue weighted by Gasteiger charge is 2.22. The fourth-order valence-electron chi connectivity index (χ4n) is 1.20. The van der Waals surface area contributed by atoms with Crippen LogP contribution in [-0.2, 0) is 9.53 Å². The number of halogens is 1. The third-order valence-corrected chi connectivity index (χ3v) is 1.85. The lowest BCUT2D eigenvalue weighted by molar-refractivity contribution is -0.143. The maximum absolute atomic E-state index is 11.0. The molecule has 0 aromatic carbocycles. The Morgan fingerprint density at radius 3 is 2.92 bits per heavy atom. The summed E-state index contributed by atoms with van der Waals surface area (Å²) in [7, 11) is 1.40. The molecule has 0 bridgehead atoms. The average Bonchev–Trinajstić information content (AvgIpc) is 2.03. The summed E-state index contributed by atoms with van der Waals surface area (Å²) in [6.45, 7) is 4.67. The molecule has 0 aromatic rings. The molecule has 1 heterocycles. The summed E-state index contributed by atoms with van der Waals surface area (Å²) in [4.78, 5) is 11.0. The number of piperidine rings is 1. The Hall–Kier alpha value is -0.540. The van der Waals surface area contributed by atoms with Gasteiger partial charge in [-0.2, -0.15) is 0 Å². The van der Waals surface area contributed by atoms with Gasteiger partial charge in [0, 0.05) is 0 Å². The lowest BCUT2D eigenvalue weighted by Gasteiger charge is -2.22. The summed E-state index contributed by atoms with van der Waals surface area (Å²) in [6, 6.07) is -0.166. The Morgan fingerprint density at radius 1 is 1.75 bits per heavy atom. The van der Waals surface area contributed by atoms with Crippen LogP contribution in [0.3, 0.4) is 0 Å². The molecule has 1 N–H and O–H groups in total. The third kappa shape index (κ3) is 2.83. The molecule has 70 valence electrons. The smallest absolute Gasteiger partial charge is 0.323 e. The molecule has 1 aliphatic heterocycles. The van der Waals surface area contributed by atoms with Crippen LogP contribution in [0.4, 0.5) is 0 Å². The first-order chi connectivity index (χ1) is 5.24. The zero-order chi connectivity index (χ0) is 8.27. The molecule has 0 saturated carbocycles. The van der Waals surface area contributed by atoms with Gasteiger partial charge in [-0.3, -0.25) is 4.79 Å². The van der Waals surface area contributed by atoms with Crippen molar-refractivity contribution in [3.63, 3.8) is 0 Å². The number of nitrogens with one attached hydrogen (secondary N) is 1. The van der Waals surface area contributed by atoms with Crippen molar-refractivity contribution in [2.24, 2.45) is 0 Å². The predicted octanol–water partition coefficient (Wildman–Crippen LogP) is 0.889. The molecule has 1 fully saturated rings. The van der Waals surface area contributed by atoms with Crippen LogP contribution >= 0.6 is 12.4 Å². The van der Waals surface area contributed by atoms with E-state index in [0.29, 0.717) is 6.42 Å². The van der Waals surface area contributed by atoms with Gasteiger partial charge in [0.15, 0.2) is 0 Å². The topological polar surface area (TPSA) is 38.3 Å². The number of hydrogen-bond donors (Lipinski definition) is 1. The second kappa shape index (κ2) is 5.17. The highest BCUT2D eigenvalue weighted by Crippen LogP contribution is 2.12. The van der Waals surface area contributed by atoms with E-state index < -0.39 is 0 Å². The van der Waals surface area contributed by atoms with Crippen LogP contribution < -0.4 is 5.32 Å². The van der Waals surface area contributed by atoms with Crippen LogP contribution in [0.15, 0.2) is 12.2 Å². The maximum atomic E-state index is 11.0. The second-order valence-corrected chi connectivity index (χ2v) is 2.73. The van der Waals surface area contributed by atoms with Crippen molar-refractivity contribution in [2.75, 3.05) is 13.7 Å². The number of methoxy groups -OCH3 is 1. The molecule has 0 spiro atoms. The minimum Gasteiger partial charge on any atom is -0.468 e. The molecule has 0 aliphatic carbocycles. The van der Waals surface area contributed by atoms with Crippen molar-refractivity contribution in [2.45, 2.75) is 18.9 Å². The van der Waals surface area contributed by atoms with Gasteiger partial charge in [-0.05, 0) is 19.4 Å². The first kappa shape index (κ1) is 11.5. The van der Waals surface area contributed by atoms with E-state index in [1.165, 1.54) is 7.11 Å². The summed E-state index contributed by atoms with van der Waals surface area (Å²) in [5.41, 5.74) is 1.12. The normalized spacial score (nSPS) is 22.8. The van der Waals surface area contributed by atoms with Gasteiger partial charge < -0.3 is 10.1 Å². The lowest BCUT2D eigenvalue weighted by atomic mass is 10.0. The van der Waals surface area contributed by atoms with E-state index in [4.69, 9.17) is 0 Å². The number of carbonyl (C=O) groups is 1. The van der Waals surface area contributed by atoms with Gasteiger partial charge in [-0.25, -0.2) is 0 Å². The molecule has 12 heavy (non-hydrogen) atoms. The Morgan fingerprint density at radius 2 is 2.42 bits per heavy atom. The monoisotopic (exact) mass is 191 g/mol. The maximum Gasteiger partial charge on any atom is 0.323 e. The summed E-state index contributed by atoms with van der Waals surface area (Å²) in [5, 5.41) is 3.06. The van der Waals surface area contributed by atoms with Crippen LogP contribution in [0.1, 0.15) is 12.8 Å². The zero-order valence-electron chi connectivity index (χ0n) is 7.13. The Kier molecular flexibility index (Phi) is 4.93. The average molecular weight is 192 g/mol. The van der Waals surface area contributed by atoms with Crippen LogP contribution in [0.25, 0.3) is 0 Å². The molecule has 1 unspecified atom stereocenters. The SMILES string of the molecule is C=C1CCNC(C(=O)OC)C1.Cl. The Bertz CT molecular complexity index is 182. The minimum absolute atomic E-state index is 0. The van der Waals surface area contributed by atoms with Crippen LogP contribution in [0, 0.1) is 0 Å². The van der Waals surface area contributed by atoms with Crippen molar-refractivity contribution in [1.82, 2.24) is 5.32 Å². The first-order valence-electron chi connectivity index (χ1n) is 3.72. The van der Waals surface area contributed by atoms with Gasteiger partial charge in [0.1, 0.15) is 6.04 Å². The van der Waals surface area contributed by atoms with Crippen molar-refractivity contribution < 1.29 is 9.53 Å². The van der Waals surface area contributed by atoms with Crippen molar-refractivity contribution in [3.8, 4) is 0 Å². The van der Waals surface area contributed by atoms with Gasteiger partial charge in [0.2, 0.25) is 0 Å². The number of carbonyl (C=O) groups excluding carboxylic acids is 1. The van der Waals surface area contributed by atoms with E-state index in [1.54, 1.807) is 0 Å². The summed E-state index contributed by atoms with van der Waals surface area (Å²) < 4.78 is 4.60. The highest BCUT2D eigenvalue weighted by molar-refractivity contribution is 5.85. The molecular weight excluding hydrogens is 178 g/mol. The van der Waals surface area contributed by atoms with E-state index in [0.717, 1.165) is 18.5 Å². The van der Waals surface area contributed by atoms with Crippen molar-refractivity contribution in [3.05, 3.63) is 12.2 Å². The number of ether oxygens (including phenoxy) is 1. The summed E-state index contributed by atoms with van der Waals surface area (Å²) >= 11 is 0. The quantitative estimate of drug-likeness (QED) is 0.494. The van der Waals surface area contributed by atoms with E-state index in [1.807, 2.05) is 0 Å². The Labute approximate surface area is 78.6 Å². The van der Waals surface area contributed by atoms with E-state index >= 15 is 0 Å². The molecule has 1 aliphatic rings. The minimum atomic E-state index is -0.189. The van der Waals surface area contributed by atoms with E-state index in [9.17, 15) is 4.79 Å². The fourth-order valence-corrected chi connectivity index (χ4v) is 1.20. The van der Waals surface area contributed by atoms with Crippen molar-refractivity contribution in [1.29, 1.82) is 0 Å². The Balaban J connectivity index is 0.00000121. The second-order valence-electron chi connectivity index (χ2n) is 2.73.